The highest BCUT2D eigenvalue weighted by molar-refractivity contribution is 5.77. The third-order valence-electron chi connectivity index (χ3n) is 11.4. The van der Waals surface area contributed by atoms with E-state index >= 15 is 0 Å². The molecule has 0 aliphatic carbocycles. The maximum absolute atomic E-state index is 13.1. The summed E-state index contributed by atoms with van der Waals surface area (Å²) < 4.78 is 5.89. The summed E-state index contributed by atoms with van der Waals surface area (Å²) in [5.74, 6) is -0.505. The normalized spacial score (nSPS) is 13.6. The molecule has 1 amide bonds. The Kier molecular flexibility index (Phi) is 45.1. The molecule has 3 N–H and O–H groups in total. The topological polar surface area (TPSA) is 95.9 Å². The second-order valence-electron chi connectivity index (χ2n) is 17.2. The largest absolute Gasteiger partial charge is 0.462 e. The van der Waals surface area contributed by atoms with Crippen molar-refractivity contribution in [1.82, 2.24) is 5.32 Å². The van der Waals surface area contributed by atoms with Gasteiger partial charge in [-0.15, -0.1) is 0 Å². The maximum Gasteiger partial charge on any atom is 0.306 e. The summed E-state index contributed by atoms with van der Waals surface area (Å²) >= 11 is 0. The molecule has 0 rings (SSSR count). The average molecular weight is 828 g/mol. The Morgan fingerprint density at radius 2 is 0.949 bits per heavy atom. The highest BCUT2D eigenvalue weighted by Gasteiger charge is 2.24. The van der Waals surface area contributed by atoms with Crippen molar-refractivity contribution in [3.05, 3.63) is 48.6 Å². The molecule has 0 fully saturated rings. The molecule has 6 heteroatoms. The van der Waals surface area contributed by atoms with Gasteiger partial charge >= 0.3 is 5.97 Å². The molecule has 0 saturated carbocycles. The van der Waals surface area contributed by atoms with Gasteiger partial charge in [-0.2, -0.15) is 0 Å². The van der Waals surface area contributed by atoms with E-state index in [-0.39, 0.29) is 24.9 Å². The molecule has 0 spiro atoms. The number of amides is 1. The summed E-state index contributed by atoms with van der Waals surface area (Å²) in [6.45, 7) is 6.30. The average Bonchev–Trinajstić information content (AvgIpc) is 3.23. The zero-order valence-electron chi connectivity index (χ0n) is 39.1. The van der Waals surface area contributed by atoms with Gasteiger partial charge in [0.2, 0.25) is 5.91 Å². The standard InChI is InChI=1S/C53H97NO5/c1-4-7-10-13-16-19-21-23-25-27-29-31-33-36-39-42-45-51(56)50(48-55)54-52(57)47-49(44-41-38-35-18-15-12-9-6-3)59-53(58)46-43-40-37-34-32-30-28-26-24-22-20-17-14-11-8-5-2/h8,11-12,15,17,20,24,26,49-51,55-56H,4-7,9-10,13-14,16,18-19,21-23,25,27-48H2,1-3H3,(H,54,57)/b11-8+,15-12-,20-17+,26-24+. The van der Waals surface area contributed by atoms with Crippen LogP contribution in [0.25, 0.3) is 0 Å². The summed E-state index contributed by atoms with van der Waals surface area (Å²) in [6.07, 6.45) is 56.1. The molecule has 0 bridgehead atoms. The van der Waals surface area contributed by atoms with Crippen LogP contribution in [0, 0.1) is 0 Å². The van der Waals surface area contributed by atoms with Crippen LogP contribution in [-0.2, 0) is 14.3 Å². The monoisotopic (exact) mass is 828 g/mol. The van der Waals surface area contributed by atoms with Gasteiger partial charge in [-0.25, -0.2) is 0 Å². The number of esters is 1. The fraction of sp³-hybridized carbons (Fsp3) is 0.811. The van der Waals surface area contributed by atoms with E-state index in [0.29, 0.717) is 19.3 Å². The minimum atomic E-state index is -0.792. The molecule has 3 unspecified atom stereocenters. The fourth-order valence-electron chi connectivity index (χ4n) is 7.56. The van der Waals surface area contributed by atoms with E-state index in [1.807, 2.05) is 0 Å². The minimum absolute atomic E-state index is 0.0610. The molecule has 0 aliphatic heterocycles. The van der Waals surface area contributed by atoms with Crippen molar-refractivity contribution >= 4 is 11.9 Å². The van der Waals surface area contributed by atoms with Gasteiger partial charge in [0, 0.05) is 6.42 Å². The van der Waals surface area contributed by atoms with Gasteiger partial charge in [-0.1, -0.05) is 211 Å². The molecule has 0 aliphatic rings. The van der Waals surface area contributed by atoms with E-state index in [4.69, 9.17) is 4.74 Å². The number of unbranched alkanes of at least 4 members (excludes halogenated alkanes) is 25. The van der Waals surface area contributed by atoms with Gasteiger partial charge in [0.15, 0.2) is 0 Å². The first-order valence-electron chi connectivity index (χ1n) is 25.4. The van der Waals surface area contributed by atoms with E-state index in [9.17, 15) is 19.8 Å². The van der Waals surface area contributed by atoms with Crippen LogP contribution >= 0.6 is 0 Å². The van der Waals surface area contributed by atoms with Crippen LogP contribution in [0.1, 0.15) is 252 Å². The number of ether oxygens (including phenoxy) is 1. The van der Waals surface area contributed by atoms with Crippen molar-refractivity contribution in [3.63, 3.8) is 0 Å². The fourth-order valence-corrected chi connectivity index (χ4v) is 7.56. The van der Waals surface area contributed by atoms with E-state index < -0.39 is 18.2 Å². The molecule has 0 heterocycles. The molecule has 0 aromatic rings. The number of carbonyl (C=O) groups excluding carboxylic acids is 2. The zero-order chi connectivity index (χ0) is 43.1. The molecular weight excluding hydrogens is 731 g/mol. The zero-order valence-corrected chi connectivity index (χ0v) is 39.1. The summed E-state index contributed by atoms with van der Waals surface area (Å²) in [4.78, 5) is 26.0. The van der Waals surface area contributed by atoms with E-state index in [0.717, 1.165) is 103 Å². The number of aliphatic hydroxyl groups excluding tert-OH is 2. The SMILES string of the molecule is CC/C=C/C/C=C/C/C=C/CCCCCCCCC(=O)OC(CCCCC/C=C\CCC)CC(=O)NC(CO)C(O)CCCCCCCCCCCCCCCCCC. The van der Waals surface area contributed by atoms with E-state index in [1.165, 1.54) is 103 Å². The van der Waals surface area contributed by atoms with Crippen LogP contribution in [0.4, 0.5) is 0 Å². The Hall–Kier alpha value is -2.18. The second-order valence-corrected chi connectivity index (χ2v) is 17.2. The molecule has 0 aromatic heterocycles. The number of hydrogen-bond donors (Lipinski definition) is 3. The minimum Gasteiger partial charge on any atom is -0.462 e. The van der Waals surface area contributed by atoms with Crippen molar-refractivity contribution < 1.29 is 24.5 Å². The number of allylic oxidation sites excluding steroid dienone is 8. The molecule has 0 aromatic carbocycles. The molecule has 3 atom stereocenters. The molecule has 6 nitrogen and oxygen atoms in total. The smallest absolute Gasteiger partial charge is 0.306 e. The lowest BCUT2D eigenvalue weighted by Gasteiger charge is -2.24. The lowest BCUT2D eigenvalue weighted by Crippen LogP contribution is -2.46. The lowest BCUT2D eigenvalue weighted by molar-refractivity contribution is -0.151. The maximum atomic E-state index is 13.1. The predicted octanol–water partition coefficient (Wildman–Crippen LogP) is 15.1. The van der Waals surface area contributed by atoms with Crippen LogP contribution < -0.4 is 5.32 Å². The molecule has 59 heavy (non-hydrogen) atoms. The van der Waals surface area contributed by atoms with Gasteiger partial charge in [-0.05, 0) is 77.0 Å². The number of rotatable bonds is 45. The van der Waals surface area contributed by atoms with Crippen molar-refractivity contribution in [3.8, 4) is 0 Å². The van der Waals surface area contributed by atoms with Gasteiger partial charge < -0.3 is 20.3 Å². The lowest BCUT2D eigenvalue weighted by atomic mass is 10.0. The summed E-state index contributed by atoms with van der Waals surface area (Å²) in [5, 5.41) is 23.7. The number of hydrogen-bond acceptors (Lipinski definition) is 5. The third kappa shape index (κ3) is 42.3. The number of aliphatic hydroxyl groups is 2. The predicted molar refractivity (Wildman–Crippen MR) is 255 cm³/mol. The summed E-state index contributed by atoms with van der Waals surface area (Å²) in [5.41, 5.74) is 0. The van der Waals surface area contributed by atoms with Gasteiger partial charge in [-0.3, -0.25) is 9.59 Å². The molecular formula is C53H97NO5. The van der Waals surface area contributed by atoms with Crippen LogP contribution in [0.3, 0.4) is 0 Å². The second kappa shape index (κ2) is 46.9. The van der Waals surface area contributed by atoms with Crippen molar-refractivity contribution in [1.29, 1.82) is 0 Å². The van der Waals surface area contributed by atoms with Crippen molar-refractivity contribution in [2.24, 2.45) is 0 Å². The quantitative estimate of drug-likeness (QED) is 0.0323. The summed E-state index contributed by atoms with van der Waals surface area (Å²) in [6, 6.07) is -0.707. The first-order chi connectivity index (χ1) is 29.0. The molecule has 0 saturated heterocycles. The number of carbonyl (C=O) groups is 2. The number of nitrogens with one attached hydrogen (secondary N) is 1. The Morgan fingerprint density at radius 3 is 1.49 bits per heavy atom. The van der Waals surface area contributed by atoms with E-state index in [1.54, 1.807) is 0 Å². The Bertz CT molecular complexity index is 1020. The van der Waals surface area contributed by atoms with Crippen molar-refractivity contribution in [2.45, 2.75) is 270 Å². The van der Waals surface area contributed by atoms with Crippen LogP contribution in [0.15, 0.2) is 48.6 Å². The van der Waals surface area contributed by atoms with Crippen molar-refractivity contribution in [2.75, 3.05) is 6.61 Å². The van der Waals surface area contributed by atoms with Crippen LogP contribution in [-0.4, -0.2) is 46.9 Å². The third-order valence-corrected chi connectivity index (χ3v) is 11.4. The summed E-state index contributed by atoms with van der Waals surface area (Å²) in [7, 11) is 0. The van der Waals surface area contributed by atoms with Gasteiger partial charge in [0.25, 0.3) is 0 Å². The Labute approximate surface area is 366 Å². The highest BCUT2D eigenvalue weighted by atomic mass is 16.5. The highest BCUT2D eigenvalue weighted by Crippen LogP contribution is 2.18. The first-order valence-corrected chi connectivity index (χ1v) is 25.4. The first kappa shape index (κ1) is 56.8. The van der Waals surface area contributed by atoms with Gasteiger partial charge in [0.1, 0.15) is 6.10 Å². The van der Waals surface area contributed by atoms with E-state index in [2.05, 4.69) is 74.7 Å². The Morgan fingerprint density at radius 1 is 0.508 bits per heavy atom. The molecule has 344 valence electrons. The molecule has 0 radical (unpaired) electrons. The Balaban J connectivity index is 4.41. The van der Waals surface area contributed by atoms with Crippen LogP contribution in [0.5, 0.6) is 0 Å². The van der Waals surface area contributed by atoms with Crippen LogP contribution in [0.2, 0.25) is 0 Å². The van der Waals surface area contributed by atoms with Gasteiger partial charge in [0.05, 0.1) is 25.2 Å².